The molecular formula is C27H36N6O3. The minimum atomic E-state index is -0.151. The van der Waals surface area contributed by atoms with Crippen molar-refractivity contribution in [2.45, 2.75) is 45.7 Å². The number of nitrogens with zero attached hydrogens (tertiary/aromatic N) is 4. The van der Waals surface area contributed by atoms with Crippen LogP contribution < -0.4 is 20.9 Å². The Labute approximate surface area is 211 Å². The molecule has 1 fully saturated rings. The van der Waals surface area contributed by atoms with Crippen LogP contribution in [0, 0.1) is 5.92 Å². The molecule has 1 saturated heterocycles. The number of ether oxygens (including phenoxy) is 1. The number of nitrogens with one attached hydrogen (secondary N) is 2. The fourth-order valence-electron chi connectivity index (χ4n) is 5.50. The lowest BCUT2D eigenvalue weighted by Crippen LogP contribution is -2.39. The second kappa shape index (κ2) is 10.8. The van der Waals surface area contributed by atoms with Gasteiger partial charge in [-0.05, 0) is 62.9 Å². The van der Waals surface area contributed by atoms with Crippen molar-refractivity contribution in [3.8, 4) is 5.75 Å². The zero-order valence-corrected chi connectivity index (χ0v) is 21.3. The molecule has 0 radical (unpaired) electrons. The third kappa shape index (κ3) is 4.90. The highest BCUT2D eigenvalue weighted by Crippen LogP contribution is 2.20. The van der Waals surface area contributed by atoms with Gasteiger partial charge in [0.15, 0.2) is 5.65 Å². The molecular weight excluding hydrogens is 456 g/mol. The van der Waals surface area contributed by atoms with Crippen molar-refractivity contribution in [2.75, 3.05) is 39.8 Å². The van der Waals surface area contributed by atoms with Crippen LogP contribution in [0.15, 0.2) is 35.3 Å². The average molecular weight is 493 g/mol. The summed E-state index contributed by atoms with van der Waals surface area (Å²) in [6.07, 6.45) is 5.48. The predicted molar refractivity (Wildman–Crippen MR) is 139 cm³/mol. The lowest BCUT2D eigenvalue weighted by atomic mass is 9.96. The smallest absolute Gasteiger partial charge is 0.279 e. The van der Waals surface area contributed by atoms with Gasteiger partial charge in [0.1, 0.15) is 11.3 Å². The van der Waals surface area contributed by atoms with Crippen LogP contribution in [0.2, 0.25) is 0 Å². The second-order valence-electron chi connectivity index (χ2n) is 9.79. The van der Waals surface area contributed by atoms with Crippen molar-refractivity contribution in [3.63, 3.8) is 0 Å². The van der Waals surface area contributed by atoms with Gasteiger partial charge in [-0.3, -0.25) is 9.59 Å². The molecule has 192 valence electrons. The zero-order valence-electron chi connectivity index (χ0n) is 21.3. The Hall–Kier alpha value is -3.17. The Balaban J connectivity index is 1.17. The van der Waals surface area contributed by atoms with Crippen LogP contribution in [0.1, 0.15) is 46.9 Å². The first kappa shape index (κ1) is 24.5. The summed E-state index contributed by atoms with van der Waals surface area (Å²) in [5, 5.41) is 10.7. The topological polar surface area (TPSA) is 92.9 Å². The molecule has 1 aromatic carbocycles. The highest BCUT2D eigenvalue weighted by atomic mass is 16.5. The largest absolute Gasteiger partial charge is 0.497 e. The number of piperidine rings is 1. The third-order valence-electron chi connectivity index (χ3n) is 7.66. The Kier molecular flexibility index (Phi) is 7.38. The van der Waals surface area contributed by atoms with Crippen molar-refractivity contribution in [3.05, 3.63) is 63.2 Å². The van der Waals surface area contributed by atoms with Crippen LogP contribution in [-0.2, 0) is 25.9 Å². The molecule has 3 aromatic rings. The number of hydrogen-bond donors (Lipinski definition) is 2. The molecule has 4 heterocycles. The van der Waals surface area contributed by atoms with E-state index in [-0.39, 0.29) is 11.5 Å². The molecule has 2 aliphatic rings. The van der Waals surface area contributed by atoms with Crippen molar-refractivity contribution in [1.29, 1.82) is 0 Å². The van der Waals surface area contributed by atoms with Crippen LogP contribution in [0.4, 0.5) is 0 Å². The second-order valence-corrected chi connectivity index (χ2v) is 9.79. The molecule has 0 atom stereocenters. The third-order valence-corrected chi connectivity index (χ3v) is 7.66. The van der Waals surface area contributed by atoms with E-state index in [0.717, 1.165) is 68.9 Å². The van der Waals surface area contributed by atoms with Crippen LogP contribution in [-0.4, -0.2) is 64.8 Å². The molecule has 1 amide bonds. The van der Waals surface area contributed by atoms with E-state index in [9.17, 15) is 9.59 Å². The molecule has 0 bridgehead atoms. The Bertz CT molecular complexity index is 1270. The van der Waals surface area contributed by atoms with Gasteiger partial charge in [0, 0.05) is 44.8 Å². The molecule has 0 unspecified atom stereocenters. The number of fused-ring (bicyclic) bond motifs is 2. The number of rotatable bonds is 8. The Morgan fingerprint density at radius 1 is 1.22 bits per heavy atom. The Morgan fingerprint density at radius 3 is 2.72 bits per heavy atom. The van der Waals surface area contributed by atoms with Gasteiger partial charge in [0.05, 0.1) is 18.9 Å². The molecule has 0 saturated carbocycles. The average Bonchev–Trinajstić information content (AvgIpc) is 3.37. The van der Waals surface area contributed by atoms with E-state index in [4.69, 9.17) is 4.74 Å². The van der Waals surface area contributed by atoms with E-state index in [2.05, 4.69) is 37.3 Å². The SMILES string of the molecule is CCn1c2c(c(=O)n3ncc(C(=O)NCC4CCN(CCc5ccc(OC)cc5)CC4)c13)CNCC2. The standard InChI is InChI=1S/C27H36N6O3/c1-3-32-24-8-12-28-17-22(24)27(35)33-26(32)23(18-30-33)25(34)29-16-20-10-14-31(15-11-20)13-9-19-4-6-21(36-2)7-5-19/h4-7,18,20,28H,3,8-17H2,1-2H3,(H,29,34). The fraction of sp³-hybridized carbons (Fsp3) is 0.519. The summed E-state index contributed by atoms with van der Waals surface area (Å²) in [7, 11) is 1.69. The van der Waals surface area contributed by atoms with Gasteiger partial charge in [-0.25, -0.2) is 0 Å². The van der Waals surface area contributed by atoms with Gasteiger partial charge >= 0.3 is 0 Å². The maximum Gasteiger partial charge on any atom is 0.279 e. The molecule has 36 heavy (non-hydrogen) atoms. The number of aromatic nitrogens is 3. The summed E-state index contributed by atoms with van der Waals surface area (Å²) in [6, 6.07) is 8.29. The van der Waals surface area contributed by atoms with Crippen LogP contribution in [0.5, 0.6) is 5.75 Å². The van der Waals surface area contributed by atoms with Gasteiger partial charge in [0.25, 0.3) is 11.5 Å². The van der Waals surface area contributed by atoms with E-state index in [1.807, 2.05) is 19.1 Å². The first-order valence-electron chi connectivity index (χ1n) is 13.1. The highest BCUT2D eigenvalue weighted by Gasteiger charge is 2.25. The fourth-order valence-corrected chi connectivity index (χ4v) is 5.50. The Morgan fingerprint density at radius 2 is 2.00 bits per heavy atom. The van der Waals surface area contributed by atoms with Crippen LogP contribution >= 0.6 is 0 Å². The maximum atomic E-state index is 13.2. The summed E-state index contributed by atoms with van der Waals surface area (Å²) >= 11 is 0. The minimum Gasteiger partial charge on any atom is -0.497 e. The molecule has 9 nitrogen and oxygen atoms in total. The predicted octanol–water partition coefficient (Wildman–Crippen LogP) is 1.85. The van der Waals surface area contributed by atoms with Crippen molar-refractivity contribution >= 4 is 11.6 Å². The molecule has 5 rings (SSSR count). The van der Waals surface area contributed by atoms with Gasteiger partial charge in [0.2, 0.25) is 0 Å². The normalized spacial score (nSPS) is 16.7. The number of benzene rings is 1. The van der Waals surface area contributed by atoms with Gasteiger partial charge in [-0.2, -0.15) is 9.61 Å². The zero-order chi connectivity index (χ0) is 25.1. The number of carbonyl (C=O) groups is 1. The summed E-state index contributed by atoms with van der Waals surface area (Å²) in [5.41, 5.74) is 4.05. The summed E-state index contributed by atoms with van der Waals surface area (Å²) in [5.74, 6) is 1.20. The minimum absolute atomic E-state index is 0.127. The van der Waals surface area contributed by atoms with Gasteiger partial charge in [-0.15, -0.1) is 0 Å². The number of carbonyl (C=O) groups excluding carboxylic acids is 1. The van der Waals surface area contributed by atoms with Crippen molar-refractivity contribution in [2.24, 2.45) is 5.92 Å². The van der Waals surface area contributed by atoms with Gasteiger partial charge < -0.3 is 24.8 Å². The number of methoxy groups -OCH3 is 1. The summed E-state index contributed by atoms with van der Waals surface area (Å²) in [6.45, 7) is 7.89. The molecule has 2 N–H and O–H groups in total. The van der Waals surface area contributed by atoms with E-state index < -0.39 is 0 Å². The van der Waals surface area contributed by atoms with Crippen molar-refractivity contribution in [1.82, 2.24) is 29.7 Å². The van der Waals surface area contributed by atoms with E-state index >= 15 is 0 Å². The first-order valence-corrected chi connectivity index (χ1v) is 13.1. The highest BCUT2D eigenvalue weighted by molar-refractivity contribution is 5.99. The number of hydrogen-bond acceptors (Lipinski definition) is 6. The maximum absolute atomic E-state index is 13.2. The lowest BCUT2D eigenvalue weighted by Gasteiger charge is -2.32. The quantitative estimate of drug-likeness (QED) is 0.499. The number of likely N-dealkylation sites (tertiary alicyclic amines) is 1. The summed E-state index contributed by atoms with van der Waals surface area (Å²) in [4.78, 5) is 28.7. The number of aryl methyl sites for hydroxylation is 1. The molecule has 2 aromatic heterocycles. The van der Waals surface area contributed by atoms with E-state index in [1.54, 1.807) is 13.3 Å². The van der Waals surface area contributed by atoms with Crippen LogP contribution in [0.3, 0.4) is 0 Å². The molecule has 0 spiro atoms. The molecule has 2 aliphatic heterocycles. The van der Waals surface area contributed by atoms with E-state index in [1.165, 1.54) is 10.1 Å². The molecule has 9 heteroatoms. The lowest BCUT2D eigenvalue weighted by molar-refractivity contribution is 0.0937. The molecule has 0 aliphatic carbocycles. The first-order chi connectivity index (χ1) is 17.6. The van der Waals surface area contributed by atoms with Gasteiger partial charge in [-0.1, -0.05) is 12.1 Å². The van der Waals surface area contributed by atoms with Crippen LogP contribution in [0.25, 0.3) is 5.65 Å². The monoisotopic (exact) mass is 492 g/mol. The van der Waals surface area contributed by atoms with Crippen molar-refractivity contribution < 1.29 is 9.53 Å². The number of amides is 1. The van der Waals surface area contributed by atoms with E-state index in [0.29, 0.717) is 36.8 Å². The summed E-state index contributed by atoms with van der Waals surface area (Å²) < 4.78 is 8.71.